The Kier molecular flexibility index (Phi) is 7.92. The lowest BCUT2D eigenvalue weighted by atomic mass is 9.92. The summed E-state index contributed by atoms with van der Waals surface area (Å²) in [4.78, 5) is 27.9. The molecule has 0 N–H and O–H groups in total. The van der Waals surface area contributed by atoms with Gasteiger partial charge >= 0.3 is 6.09 Å². The number of fused-ring (bicyclic) bond motifs is 1. The molecular weight excluding hydrogens is 537 g/mol. The molecule has 9 heteroatoms. The van der Waals surface area contributed by atoms with Crippen LogP contribution in [-0.2, 0) is 35.4 Å². The van der Waals surface area contributed by atoms with Gasteiger partial charge in [0.15, 0.2) is 0 Å². The molecule has 7 nitrogen and oxygen atoms in total. The summed E-state index contributed by atoms with van der Waals surface area (Å²) < 4.78 is 12.6. The number of amides is 1. The molecule has 1 aliphatic carbocycles. The summed E-state index contributed by atoms with van der Waals surface area (Å²) in [6.45, 7) is 6.59. The number of hydrogen-bond donors (Lipinski definition) is 0. The van der Waals surface area contributed by atoms with Crippen molar-refractivity contribution in [1.29, 1.82) is 0 Å². The maximum Gasteiger partial charge on any atom is 0.435 e. The lowest BCUT2D eigenvalue weighted by Gasteiger charge is -2.31. The zero-order valence-electron chi connectivity index (χ0n) is 22.5. The Labute approximate surface area is 239 Å². The van der Waals surface area contributed by atoms with Crippen molar-refractivity contribution >= 4 is 35.2 Å². The summed E-state index contributed by atoms with van der Waals surface area (Å²) in [5.41, 5.74) is 3.12. The topological polar surface area (TPSA) is 73.7 Å². The van der Waals surface area contributed by atoms with E-state index >= 15 is 0 Å². The Bertz CT molecular complexity index is 1340. The number of hydrogen-bond acceptors (Lipinski definition) is 5. The van der Waals surface area contributed by atoms with Gasteiger partial charge in [0, 0.05) is 34.7 Å². The maximum absolute atomic E-state index is 13.5. The molecule has 0 spiro atoms. The second-order valence-electron chi connectivity index (χ2n) is 11.3. The third-order valence-corrected chi connectivity index (χ3v) is 7.91. The molecule has 1 aromatic heterocycles. The molecule has 1 amide bonds. The van der Waals surface area contributed by atoms with Crippen LogP contribution in [0.3, 0.4) is 0 Å². The van der Waals surface area contributed by atoms with E-state index in [0.717, 1.165) is 35.2 Å². The molecule has 206 valence electrons. The quantitative estimate of drug-likeness (QED) is 0.338. The summed E-state index contributed by atoms with van der Waals surface area (Å²) in [5.74, 6) is 0.545. The first-order valence-electron chi connectivity index (χ1n) is 13.3. The summed E-state index contributed by atoms with van der Waals surface area (Å²) >= 11 is 13.2. The molecule has 2 aliphatic rings. The Hall–Kier alpha value is -3.03. The van der Waals surface area contributed by atoms with Crippen molar-refractivity contribution in [2.75, 3.05) is 6.54 Å². The Morgan fingerprint density at radius 2 is 1.82 bits per heavy atom. The number of carbonyl (C=O) groups is 2. The lowest BCUT2D eigenvalue weighted by molar-refractivity contribution is -0.133. The molecule has 1 fully saturated rings. The molecule has 39 heavy (non-hydrogen) atoms. The summed E-state index contributed by atoms with van der Waals surface area (Å²) in [7, 11) is 0. The third kappa shape index (κ3) is 6.42. The van der Waals surface area contributed by atoms with Gasteiger partial charge in [-0.15, -0.1) is 0 Å². The highest BCUT2D eigenvalue weighted by atomic mass is 35.5. The predicted molar refractivity (Wildman–Crippen MR) is 150 cm³/mol. The number of carbonyl (C=O) groups excluding carboxylic acids is 2. The van der Waals surface area contributed by atoms with Gasteiger partial charge < -0.3 is 14.4 Å². The van der Waals surface area contributed by atoms with Crippen LogP contribution in [-0.4, -0.2) is 44.9 Å². The average Bonchev–Trinajstić information content (AvgIpc) is 3.47. The Balaban J connectivity index is 1.21. The van der Waals surface area contributed by atoms with E-state index in [1.807, 2.05) is 56.0 Å². The molecule has 2 atom stereocenters. The van der Waals surface area contributed by atoms with E-state index in [1.54, 1.807) is 18.3 Å². The number of aryl methyl sites for hydroxylation is 1. The number of benzene rings is 2. The highest BCUT2D eigenvalue weighted by Crippen LogP contribution is 2.36. The molecule has 2 heterocycles. The highest BCUT2D eigenvalue weighted by Gasteiger charge is 2.38. The van der Waals surface area contributed by atoms with Crippen LogP contribution in [0.4, 0.5) is 4.79 Å². The molecule has 2 unspecified atom stereocenters. The minimum absolute atomic E-state index is 0.0750. The third-order valence-electron chi connectivity index (χ3n) is 7.23. The monoisotopic (exact) mass is 569 g/mol. The van der Waals surface area contributed by atoms with Gasteiger partial charge in [0.05, 0.1) is 5.69 Å². The van der Waals surface area contributed by atoms with Gasteiger partial charge in [0.25, 0.3) is 0 Å². The van der Waals surface area contributed by atoms with Gasteiger partial charge in [0.2, 0.25) is 5.91 Å². The van der Waals surface area contributed by atoms with Crippen molar-refractivity contribution in [2.45, 2.75) is 71.1 Å². The largest absolute Gasteiger partial charge is 0.489 e. The number of nitrogens with zero attached hydrogens (tertiary/aromatic N) is 3. The zero-order valence-corrected chi connectivity index (χ0v) is 24.0. The zero-order chi connectivity index (χ0) is 27.7. The van der Waals surface area contributed by atoms with Gasteiger partial charge in [-0.3, -0.25) is 4.79 Å². The van der Waals surface area contributed by atoms with E-state index in [4.69, 9.17) is 32.7 Å². The summed E-state index contributed by atoms with van der Waals surface area (Å²) in [6, 6.07) is 13.5. The van der Waals surface area contributed by atoms with Crippen LogP contribution in [0, 0.1) is 5.92 Å². The fourth-order valence-corrected chi connectivity index (χ4v) is 5.94. The number of halogens is 2. The van der Waals surface area contributed by atoms with Crippen molar-refractivity contribution in [1.82, 2.24) is 14.7 Å². The van der Waals surface area contributed by atoms with Crippen molar-refractivity contribution < 1.29 is 19.1 Å². The van der Waals surface area contributed by atoms with Crippen LogP contribution >= 0.6 is 23.2 Å². The highest BCUT2D eigenvalue weighted by molar-refractivity contribution is 6.36. The first-order chi connectivity index (χ1) is 18.6. The van der Waals surface area contributed by atoms with Crippen LogP contribution in [0.2, 0.25) is 10.0 Å². The molecule has 0 bridgehead atoms. The van der Waals surface area contributed by atoms with Gasteiger partial charge in [-0.1, -0.05) is 53.5 Å². The smallest absolute Gasteiger partial charge is 0.435 e. The molecule has 1 saturated heterocycles. The molecule has 0 radical (unpaired) electrons. The fraction of sp³-hybridized carbons (Fsp3) is 0.433. The number of rotatable bonds is 6. The van der Waals surface area contributed by atoms with Crippen molar-refractivity contribution in [3.8, 4) is 5.75 Å². The second-order valence-corrected chi connectivity index (χ2v) is 12.1. The molecule has 5 rings (SSSR count). The van der Waals surface area contributed by atoms with Crippen molar-refractivity contribution in [3.05, 3.63) is 81.1 Å². The minimum Gasteiger partial charge on any atom is -0.489 e. The van der Waals surface area contributed by atoms with E-state index in [-0.39, 0.29) is 17.9 Å². The van der Waals surface area contributed by atoms with Crippen molar-refractivity contribution in [2.24, 2.45) is 5.92 Å². The second kappa shape index (κ2) is 11.2. The standard InChI is InChI=1S/C30H33Cl2N3O4/c1-30(2,3)39-29(37)35-17-21-13-22(9-10-27(21)33-35)34-12-11-20(28(34)36)14-24-25(31)15-23(16-26(24)32)38-18-19-7-5-4-6-8-19/h4-8,15-17,20,22H,9-14,18H2,1-3H3. The molecular formula is C30H33Cl2N3O4. The molecule has 2 aromatic carbocycles. The van der Waals surface area contributed by atoms with Crippen LogP contribution in [0.25, 0.3) is 0 Å². The molecule has 0 saturated carbocycles. The van der Waals surface area contributed by atoms with E-state index in [9.17, 15) is 9.59 Å². The normalized spacial score (nSPS) is 19.2. The van der Waals surface area contributed by atoms with E-state index in [0.29, 0.717) is 48.2 Å². The van der Waals surface area contributed by atoms with E-state index in [1.165, 1.54) is 4.68 Å². The van der Waals surface area contributed by atoms with E-state index < -0.39 is 11.7 Å². The van der Waals surface area contributed by atoms with Gasteiger partial charge in [0.1, 0.15) is 18.0 Å². The first-order valence-corrected chi connectivity index (χ1v) is 14.1. The van der Waals surface area contributed by atoms with E-state index in [2.05, 4.69) is 5.10 Å². The van der Waals surface area contributed by atoms with Gasteiger partial charge in [-0.25, -0.2) is 4.79 Å². The van der Waals surface area contributed by atoms with Crippen molar-refractivity contribution in [3.63, 3.8) is 0 Å². The predicted octanol–water partition coefficient (Wildman–Crippen LogP) is 6.50. The fourth-order valence-electron chi connectivity index (χ4n) is 5.31. The SMILES string of the molecule is CC(C)(C)OC(=O)n1cc2c(n1)CCC(N1CCC(Cc3c(Cl)cc(OCc4ccccc4)cc3Cl)C1=O)C2. The van der Waals surface area contributed by atoms with Crippen LogP contribution in [0.1, 0.15) is 56.0 Å². The number of aromatic nitrogens is 2. The average molecular weight is 571 g/mol. The Morgan fingerprint density at radius 1 is 1.10 bits per heavy atom. The Morgan fingerprint density at radius 3 is 2.51 bits per heavy atom. The minimum atomic E-state index is -0.593. The molecule has 1 aliphatic heterocycles. The van der Waals surface area contributed by atoms with Crippen LogP contribution < -0.4 is 4.74 Å². The summed E-state index contributed by atoms with van der Waals surface area (Å²) in [6.07, 6.45) is 4.69. The maximum atomic E-state index is 13.5. The van der Waals surface area contributed by atoms with Crippen LogP contribution in [0.5, 0.6) is 5.75 Å². The van der Waals surface area contributed by atoms with Gasteiger partial charge in [-0.2, -0.15) is 9.78 Å². The molecule has 3 aromatic rings. The lowest BCUT2D eigenvalue weighted by Crippen LogP contribution is -2.41. The van der Waals surface area contributed by atoms with Gasteiger partial charge in [-0.05, 0) is 81.7 Å². The summed E-state index contributed by atoms with van der Waals surface area (Å²) in [5, 5.41) is 5.46. The first kappa shape index (κ1) is 27.5. The number of ether oxygens (including phenoxy) is 2. The number of likely N-dealkylation sites (tertiary alicyclic amines) is 1. The van der Waals surface area contributed by atoms with Crippen LogP contribution in [0.15, 0.2) is 48.7 Å².